The van der Waals surface area contributed by atoms with E-state index in [0.717, 1.165) is 17.8 Å². The fraction of sp³-hybridized carbons (Fsp3) is 0.727. The Bertz CT molecular complexity index is 242. The van der Waals surface area contributed by atoms with Gasteiger partial charge in [0.05, 0.1) is 12.5 Å². The summed E-state index contributed by atoms with van der Waals surface area (Å²) in [5.74, 6) is 2.57. The number of nitriles is 1. The van der Waals surface area contributed by atoms with Gasteiger partial charge in [0, 0.05) is 0 Å². The maximum atomic E-state index is 8.49. The Labute approximate surface area is 74.1 Å². The SMILES string of the molecule is CC1/C(=C/CC#N)C2CCC1C2. The Morgan fingerprint density at radius 3 is 3.00 bits per heavy atom. The predicted octanol–water partition coefficient (Wildman–Crippen LogP) is 2.89. The van der Waals surface area contributed by atoms with Crippen LogP contribution in [0.3, 0.4) is 0 Å². The van der Waals surface area contributed by atoms with Gasteiger partial charge in [-0.3, -0.25) is 0 Å². The van der Waals surface area contributed by atoms with Gasteiger partial charge in [-0.15, -0.1) is 0 Å². The first kappa shape index (κ1) is 7.86. The van der Waals surface area contributed by atoms with Gasteiger partial charge in [-0.25, -0.2) is 0 Å². The highest BCUT2D eigenvalue weighted by Gasteiger charge is 2.40. The van der Waals surface area contributed by atoms with E-state index in [2.05, 4.69) is 19.1 Å². The maximum absolute atomic E-state index is 8.49. The summed E-state index contributed by atoms with van der Waals surface area (Å²) in [6.07, 6.45) is 7.00. The number of allylic oxidation sites excluding steroid dienone is 2. The van der Waals surface area contributed by atoms with Crippen LogP contribution in [-0.4, -0.2) is 0 Å². The molecule has 12 heavy (non-hydrogen) atoms. The summed E-state index contributed by atoms with van der Waals surface area (Å²) in [7, 11) is 0. The standard InChI is InChI=1S/C11H15N/c1-8-9-4-5-10(7-9)11(8)3-2-6-12/h3,8-10H,2,4-5,7H2,1H3/b11-3-. The zero-order valence-corrected chi connectivity index (χ0v) is 7.59. The lowest BCUT2D eigenvalue weighted by Crippen LogP contribution is -2.09. The number of nitrogens with zero attached hydrogens (tertiary/aromatic N) is 1. The van der Waals surface area contributed by atoms with Gasteiger partial charge >= 0.3 is 0 Å². The molecule has 3 atom stereocenters. The third kappa shape index (κ3) is 1.06. The molecule has 3 unspecified atom stereocenters. The predicted molar refractivity (Wildman–Crippen MR) is 48.3 cm³/mol. The fourth-order valence-electron chi connectivity index (χ4n) is 2.93. The first-order chi connectivity index (χ1) is 5.83. The van der Waals surface area contributed by atoms with Gasteiger partial charge in [0.1, 0.15) is 0 Å². The minimum absolute atomic E-state index is 0.614. The zero-order valence-electron chi connectivity index (χ0n) is 7.59. The second-order valence-electron chi connectivity index (χ2n) is 4.13. The molecule has 0 aromatic carbocycles. The maximum Gasteiger partial charge on any atom is 0.0663 e. The second-order valence-corrected chi connectivity index (χ2v) is 4.13. The van der Waals surface area contributed by atoms with E-state index in [9.17, 15) is 0 Å². The Balaban J connectivity index is 2.13. The Kier molecular flexibility index (Phi) is 1.92. The molecule has 2 saturated carbocycles. The number of hydrogen-bond donors (Lipinski definition) is 0. The zero-order chi connectivity index (χ0) is 8.55. The topological polar surface area (TPSA) is 23.8 Å². The molecule has 2 fully saturated rings. The van der Waals surface area contributed by atoms with Crippen LogP contribution in [0.25, 0.3) is 0 Å². The van der Waals surface area contributed by atoms with Crippen LogP contribution < -0.4 is 0 Å². The Morgan fingerprint density at radius 1 is 1.58 bits per heavy atom. The molecule has 2 rings (SSSR count). The summed E-state index contributed by atoms with van der Waals surface area (Å²) in [4.78, 5) is 0. The highest BCUT2D eigenvalue weighted by Crippen LogP contribution is 2.51. The summed E-state index contributed by atoms with van der Waals surface area (Å²) in [6.45, 7) is 2.33. The normalized spacial score (nSPS) is 42.0. The molecule has 0 amide bonds. The van der Waals surface area contributed by atoms with Gasteiger partial charge in [-0.05, 0) is 37.0 Å². The van der Waals surface area contributed by atoms with Crippen LogP contribution in [0.4, 0.5) is 0 Å². The van der Waals surface area contributed by atoms with Crippen LogP contribution >= 0.6 is 0 Å². The van der Waals surface area contributed by atoms with Crippen molar-refractivity contribution >= 4 is 0 Å². The molecule has 2 aliphatic carbocycles. The molecule has 1 heteroatoms. The number of hydrogen-bond acceptors (Lipinski definition) is 1. The van der Waals surface area contributed by atoms with Gasteiger partial charge < -0.3 is 0 Å². The highest BCUT2D eigenvalue weighted by molar-refractivity contribution is 5.21. The van der Waals surface area contributed by atoms with Gasteiger partial charge in [0.15, 0.2) is 0 Å². The summed E-state index contributed by atoms with van der Waals surface area (Å²) in [6, 6.07) is 2.20. The highest BCUT2D eigenvalue weighted by atomic mass is 14.5. The molecular weight excluding hydrogens is 146 g/mol. The average molecular weight is 161 g/mol. The van der Waals surface area contributed by atoms with Crippen LogP contribution in [0.5, 0.6) is 0 Å². The van der Waals surface area contributed by atoms with Crippen molar-refractivity contribution in [1.82, 2.24) is 0 Å². The van der Waals surface area contributed by atoms with E-state index in [-0.39, 0.29) is 0 Å². The second kappa shape index (κ2) is 2.94. The summed E-state index contributed by atoms with van der Waals surface area (Å²) in [5, 5.41) is 8.49. The molecular formula is C11H15N. The smallest absolute Gasteiger partial charge is 0.0663 e. The summed E-state index contributed by atoms with van der Waals surface area (Å²) < 4.78 is 0. The largest absolute Gasteiger partial charge is 0.198 e. The van der Waals surface area contributed by atoms with Crippen LogP contribution in [0.1, 0.15) is 32.6 Å². The quantitative estimate of drug-likeness (QED) is 0.542. The van der Waals surface area contributed by atoms with E-state index >= 15 is 0 Å². The van der Waals surface area contributed by atoms with Crippen LogP contribution in [0.2, 0.25) is 0 Å². The Hall–Kier alpha value is -0.770. The minimum atomic E-state index is 0.614. The van der Waals surface area contributed by atoms with Crippen LogP contribution in [-0.2, 0) is 0 Å². The first-order valence-corrected chi connectivity index (χ1v) is 4.90. The molecule has 0 saturated heterocycles. The number of fused-ring (bicyclic) bond motifs is 2. The number of rotatable bonds is 1. The monoisotopic (exact) mass is 161 g/mol. The van der Waals surface area contributed by atoms with E-state index in [0.29, 0.717) is 6.42 Å². The van der Waals surface area contributed by atoms with E-state index < -0.39 is 0 Å². The summed E-state index contributed by atoms with van der Waals surface area (Å²) >= 11 is 0. The van der Waals surface area contributed by atoms with E-state index in [1.54, 1.807) is 5.57 Å². The third-order valence-corrected chi connectivity index (χ3v) is 3.61. The molecule has 1 nitrogen and oxygen atoms in total. The van der Waals surface area contributed by atoms with Gasteiger partial charge in [0.2, 0.25) is 0 Å². The summed E-state index contributed by atoms with van der Waals surface area (Å²) in [5.41, 5.74) is 1.59. The van der Waals surface area contributed by atoms with Gasteiger partial charge in [0.25, 0.3) is 0 Å². The van der Waals surface area contributed by atoms with Gasteiger partial charge in [-0.1, -0.05) is 18.6 Å². The van der Waals surface area contributed by atoms with Crippen molar-refractivity contribution in [3.8, 4) is 6.07 Å². The fourth-order valence-corrected chi connectivity index (χ4v) is 2.93. The lowest BCUT2D eigenvalue weighted by atomic mass is 9.85. The van der Waals surface area contributed by atoms with Crippen molar-refractivity contribution in [3.05, 3.63) is 11.6 Å². The average Bonchev–Trinajstić information content (AvgIpc) is 2.62. The lowest BCUT2D eigenvalue weighted by molar-refractivity contribution is 0.434. The Morgan fingerprint density at radius 2 is 2.42 bits per heavy atom. The van der Waals surface area contributed by atoms with Crippen molar-refractivity contribution in [2.45, 2.75) is 32.6 Å². The molecule has 0 heterocycles. The van der Waals surface area contributed by atoms with E-state index in [1.807, 2.05) is 0 Å². The molecule has 0 aromatic rings. The van der Waals surface area contributed by atoms with Crippen molar-refractivity contribution in [2.75, 3.05) is 0 Å². The van der Waals surface area contributed by atoms with Crippen molar-refractivity contribution in [2.24, 2.45) is 17.8 Å². The van der Waals surface area contributed by atoms with E-state index in [1.165, 1.54) is 19.3 Å². The van der Waals surface area contributed by atoms with Crippen LogP contribution in [0.15, 0.2) is 11.6 Å². The minimum Gasteiger partial charge on any atom is -0.198 e. The molecule has 2 bridgehead atoms. The van der Waals surface area contributed by atoms with Crippen molar-refractivity contribution < 1.29 is 0 Å². The molecule has 0 aromatic heterocycles. The molecule has 64 valence electrons. The molecule has 0 aliphatic heterocycles. The van der Waals surface area contributed by atoms with E-state index in [4.69, 9.17) is 5.26 Å². The molecule has 0 spiro atoms. The molecule has 0 N–H and O–H groups in total. The molecule has 0 radical (unpaired) electrons. The molecule has 2 aliphatic rings. The first-order valence-electron chi connectivity index (χ1n) is 4.90. The van der Waals surface area contributed by atoms with Crippen LogP contribution in [0, 0.1) is 29.1 Å². The van der Waals surface area contributed by atoms with Gasteiger partial charge in [-0.2, -0.15) is 5.26 Å². The third-order valence-electron chi connectivity index (χ3n) is 3.61. The van der Waals surface area contributed by atoms with Crippen molar-refractivity contribution in [3.63, 3.8) is 0 Å². The van der Waals surface area contributed by atoms with Crippen molar-refractivity contribution in [1.29, 1.82) is 5.26 Å². The lowest BCUT2D eigenvalue weighted by Gasteiger charge is -2.20.